The van der Waals surface area contributed by atoms with E-state index in [1.54, 1.807) is 6.21 Å². The molecule has 0 saturated carbocycles. The Morgan fingerprint density at radius 1 is 1.44 bits per heavy atom. The van der Waals surface area contributed by atoms with Gasteiger partial charge in [0, 0.05) is 24.0 Å². The standard InChI is InChI=1S/C13H23N3/c1-6-7-13(14)12(11(2)3)10-15-8-9-16(4)5/h6-7,10H,2,8-9,14H2,1,3-5H3/b7-6-,13-12?,15-10?. The van der Waals surface area contributed by atoms with Gasteiger partial charge in [0.15, 0.2) is 0 Å². The van der Waals surface area contributed by atoms with Crippen LogP contribution in [0.1, 0.15) is 13.8 Å². The number of hydrogen-bond donors (Lipinski definition) is 1. The van der Waals surface area contributed by atoms with Gasteiger partial charge in [-0.25, -0.2) is 0 Å². The molecule has 0 atom stereocenters. The smallest absolute Gasteiger partial charge is 0.0516 e. The molecular formula is C13H23N3. The summed E-state index contributed by atoms with van der Waals surface area (Å²) < 4.78 is 0. The summed E-state index contributed by atoms with van der Waals surface area (Å²) >= 11 is 0. The number of nitrogens with zero attached hydrogens (tertiary/aromatic N) is 2. The zero-order valence-corrected chi connectivity index (χ0v) is 10.8. The van der Waals surface area contributed by atoms with Crippen molar-refractivity contribution in [2.24, 2.45) is 10.7 Å². The molecule has 16 heavy (non-hydrogen) atoms. The third-order valence-electron chi connectivity index (χ3n) is 2.01. The fourth-order valence-corrected chi connectivity index (χ4v) is 1.11. The Labute approximate surface area is 99.0 Å². The topological polar surface area (TPSA) is 41.6 Å². The first-order valence-electron chi connectivity index (χ1n) is 5.42. The quantitative estimate of drug-likeness (QED) is 0.550. The summed E-state index contributed by atoms with van der Waals surface area (Å²) in [6, 6.07) is 0. The molecule has 3 heteroatoms. The summed E-state index contributed by atoms with van der Waals surface area (Å²) in [6.45, 7) is 9.47. The lowest BCUT2D eigenvalue weighted by Gasteiger charge is -2.07. The van der Waals surface area contributed by atoms with E-state index in [1.807, 2.05) is 40.1 Å². The highest BCUT2D eigenvalue weighted by Gasteiger charge is 1.98. The van der Waals surface area contributed by atoms with Gasteiger partial charge < -0.3 is 10.6 Å². The van der Waals surface area contributed by atoms with Gasteiger partial charge in [-0.3, -0.25) is 4.99 Å². The van der Waals surface area contributed by atoms with Crippen LogP contribution in [0, 0.1) is 0 Å². The molecule has 0 bridgehead atoms. The van der Waals surface area contributed by atoms with Crippen LogP contribution >= 0.6 is 0 Å². The van der Waals surface area contributed by atoms with Gasteiger partial charge in [0.1, 0.15) is 0 Å². The lowest BCUT2D eigenvalue weighted by molar-refractivity contribution is 0.421. The van der Waals surface area contributed by atoms with Crippen molar-refractivity contribution in [3.8, 4) is 0 Å². The number of allylic oxidation sites excluding steroid dienone is 4. The maximum atomic E-state index is 5.90. The maximum Gasteiger partial charge on any atom is 0.0516 e. The van der Waals surface area contributed by atoms with Gasteiger partial charge in [-0.05, 0) is 39.6 Å². The average Bonchev–Trinajstić information content (AvgIpc) is 2.16. The summed E-state index contributed by atoms with van der Waals surface area (Å²) in [7, 11) is 4.05. The van der Waals surface area contributed by atoms with Crippen LogP contribution in [0.3, 0.4) is 0 Å². The Balaban J connectivity index is 4.58. The van der Waals surface area contributed by atoms with Gasteiger partial charge >= 0.3 is 0 Å². The highest BCUT2D eigenvalue weighted by atomic mass is 15.1. The normalized spacial score (nSPS) is 13.8. The Morgan fingerprint density at radius 3 is 2.50 bits per heavy atom. The van der Waals surface area contributed by atoms with Crippen molar-refractivity contribution in [3.05, 3.63) is 35.6 Å². The summed E-state index contributed by atoms with van der Waals surface area (Å²) in [4.78, 5) is 6.43. The van der Waals surface area contributed by atoms with E-state index < -0.39 is 0 Å². The molecule has 0 amide bonds. The fourth-order valence-electron chi connectivity index (χ4n) is 1.11. The maximum absolute atomic E-state index is 5.90. The van der Waals surface area contributed by atoms with E-state index in [1.165, 1.54) is 0 Å². The summed E-state index contributed by atoms with van der Waals surface area (Å²) in [5.41, 5.74) is 8.46. The summed E-state index contributed by atoms with van der Waals surface area (Å²) in [5, 5.41) is 0. The van der Waals surface area contributed by atoms with Gasteiger partial charge in [0.25, 0.3) is 0 Å². The van der Waals surface area contributed by atoms with E-state index in [9.17, 15) is 0 Å². The second kappa shape index (κ2) is 7.88. The molecule has 0 aliphatic carbocycles. The number of nitrogens with two attached hydrogens (primary N) is 1. The molecule has 0 saturated heterocycles. The molecule has 2 N–H and O–H groups in total. The van der Waals surface area contributed by atoms with Gasteiger partial charge in [-0.15, -0.1) is 0 Å². The predicted octanol–water partition coefficient (Wildman–Crippen LogP) is 1.98. The highest BCUT2D eigenvalue weighted by Crippen LogP contribution is 2.08. The minimum absolute atomic E-state index is 0.712. The van der Waals surface area contributed by atoms with Crippen molar-refractivity contribution in [1.29, 1.82) is 0 Å². The van der Waals surface area contributed by atoms with Crippen molar-refractivity contribution in [2.45, 2.75) is 13.8 Å². The molecule has 0 aliphatic rings. The van der Waals surface area contributed by atoms with Gasteiger partial charge in [-0.1, -0.05) is 12.7 Å². The fraction of sp³-hybridized carbons (Fsp3) is 0.462. The van der Waals surface area contributed by atoms with Crippen molar-refractivity contribution >= 4 is 6.21 Å². The first kappa shape index (κ1) is 14.6. The van der Waals surface area contributed by atoms with E-state index in [4.69, 9.17) is 5.73 Å². The molecule has 90 valence electrons. The van der Waals surface area contributed by atoms with Crippen LogP contribution in [0.4, 0.5) is 0 Å². The Morgan fingerprint density at radius 2 is 2.06 bits per heavy atom. The average molecular weight is 221 g/mol. The second-order valence-electron chi connectivity index (χ2n) is 3.99. The monoisotopic (exact) mass is 221 g/mol. The van der Waals surface area contributed by atoms with Crippen molar-refractivity contribution < 1.29 is 0 Å². The lowest BCUT2D eigenvalue weighted by atomic mass is 10.1. The first-order chi connectivity index (χ1) is 7.49. The van der Waals surface area contributed by atoms with Crippen LogP contribution in [0.2, 0.25) is 0 Å². The molecule has 0 aromatic heterocycles. The van der Waals surface area contributed by atoms with E-state index in [0.717, 1.165) is 24.2 Å². The third kappa shape index (κ3) is 6.19. The minimum atomic E-state index is 0.712. The first-order valence-corrected chi connectivity index (χ1v) is 5.42. The van der Waals surface area contributed by atoms with Crippen LogP contribution in [0.5, 0.6) is 0 Å². The molecule has 0 unspecified atom stereocenters. The third-order valence-corrected chi connectivity index (χ3v) is 2.01. The van der Waals surface area contributed by atoms with E-state index in [0.29, 0.717) is 5.70 Å². The van der Waals surface area contributed by atoms with Crippen molar-refractivity contribution in [1.82, 2.24) is 4.90 Å². The molecular weight excluding hydrogens is 198 g/mol. The zero-order valence-electron chi connectivity index (χ0n) is 10.8. The Bertz CT molecular complexity index is 309. The van der Waals surface area contributed by atoms with Gasteiger partial charge in [-0.2, -0.15) is 0 Å². The molecule has 0 aromatic carbocycles. The molecule has 0 radical (unpaired) electrons. The van der Waals surface area contributed by atoms with E-state index in [2.05, 4.69) is 16.5 Å². The zero-order chi connectivity index (χ0) is 12.6. The number of hydrogen-bond acceptors (Lipinski definition) is 3. The Kier molecular flexibility index (Phi) is 7.21. The summed E-state index contributed by atoms with van der Waals surface area (Å²) in [6.07, 6.45) is 5.58. The van der Waals surface area contributed by atoms with Crippen LogP contribution in [-0.2, 0) is 0 Å². The molecule has 3 nitrogen and oxygen atoms in total. The van der Waals surface area contributed by atoms with Crippen molar-refractivity contribution in [2.75, 3.05) is 27.2 Å². The van der Waals surface area contributed by atoms with Gasteiger partial charge in [0.2, 0.25) is 0 Å². The molecule has 0 aromatic rings. The molecule has 0 aliphatic heterocycles. The van der Waals surface area contributed by atoms with Crippen LogP contribution in [0.15, 0.2) is 40.6 Å². The summed E-state index contributed by atoms with van der Waals surface area (Å²) in [5.74, 6) is 0. The second-order valence-corrected chi connectivity index (χ2v) is 3.99. The highest BCUT2D eigenvalue weighted by molar-refractivity contribution is 5.85. The van der Waals surface area contributed by atoms with Crippen LogP contribution < -0.4 is 5.73 Å². The lowest BCUT2D eigenvalue weighted by Crippen LogP contribution is -2.15. The largest absolute Gasteiger partial charge is 0.398 e. The predicted molar refractivity (Wildman–Crippen MR) is 72.8 cm³/mol. The molecule has 0 rings (SSSR count). The van der Waals surface area contributed by atoms with Crippen LogP contribution in [0.25, 0.3) is 0 Å². The van der Waals surface area contributed by atoms with Gasteiger partial charge in [0.05, 0.1) is 6.54 Å². The minimum Gasteiger partial charge on any atom is -0.398 e. The number of likely N-dealkylation sites (N-methyl/N-ethyl adjacent to an activating group) is 1. The number of rotatable bonds is 6. The molecule has 0 heterocycles. The van der Waals surface area contributed by atoms with E-state index >= 15 is 0 Å². The van der Waals surface area contributed by atoms with Crippen LogP contribution in [-0.4, -0.2) is 38.3 Å². The van der Waals surface area contributed by atoms with E-state index in [-0.39, 0.29) is 0 Å². The SMILES string of the molecule is C=C(C)C(C=NCCN(C)C)=C(N)/C=C\C. The molecule has 0 fully saturated rings. The molecule has 0 spiro atoms. The Hall–Kier alpha value is -1.35. The van der Waals surface area contributed by atoms with Crippen molar-refractivity contribution in [3.63, 3.8) is 0 Å². The number of aliphatic imine (C=N–C) groups is 1.